The lowest BCUT2D eigenvalue weighted by Gasteiger charge is -2.38. The van der Waals surface area contributed by atoms with Gasteiger partial charge in [0.05, 0.1) is 0 Å². The summed E-state index contributed by atoms with van der Waals surface area (Å²) in [5.74, 6) is -1.14. The molecule has 1 aliphatic rings. The zero-order valence-corrected chi connectivity index (χ0v) is 11.4. The van der Waals surface area contributed by atoms with Gasteiger partial charge < -0.3 is 15.5 Å². The maximum atomic E-state index is 13.2. The van der Waals surface area contributed by atoms with Crippen LogP contribution in [0.3, 0.4) is 0 Å². The van der Waals surface area contributed by atoms with E-state index in [1.165, 1.54) is 12.1 Å². The van der Waals surface area contributed by atoms with Crippen LogP contribution < -0.4 is 5.73 Å². The van der Waals surface area contributed by atoms with Gasteiger partial charge >= 0.3 is 0 Å². The normalized spacial score (nSPS) is 23.5. The maximum Gasteiger partial charge on any atom is 0.126 e. The smallest absolute Gasteiger partial charge is 0.126 e. The van der Waals surface area contributed by atoms with Gasteiger partial charge in [-0.15, -0.1) is 0 Å². The first-order valence-electron chi connectivity index (χ1n) is 6.56. The minimum absolute atomic E-state index is 0.320. The molecule has 0 spiro atoms. The molecule has 1 aromatic carbocycles. The van der Waals surface area contributed by atoms with Crippen molar-refractivity contribution in [1.82, 2.24) is 9.80 Å². The average Bonchev–Trinajstić information content (AvgIpc) is 2.32. The van der Waals surface area contributed by atoms with E-state index in [2.05, 4.69) is 23.9 Å². The van der Waals surface area contributed by atoms with Crippen molar-refractivity contribution in [3.63, 3.8) is 0 Å². The Morgan fingerprint density at radius 3 is 2.47 bits per heavy atom. The van der Waals surface area contributed by atoms with Gasteiger partial charge in [-0.05, 0) is 38.2 Å². The van der Waals surface area contributed by atoms with E-state index in [1.807, 2.05) is 0 Å². The van der Waals surface area contributed by atoms with Gasteiger partial charge in [-0.3, -0.25) is 0 Å². The number of nitrogens with two attached hydrogens (primary N) is 1. The number of hydrogen-bond acceptors (Lipinski definition) is 3. The molecule has 0 radical (unpaired) electrons. The summed E-state index contributed by atoms with van der Waals surface area (Å²) < 4.78 is 26.4. The summed E-state index contributed by atoms with van der Waals surface area (Å²) in [7, 11) is 4.14. The lowest BCUT2D eigenvalue weighted by molar-refractivity contribution is 0.104. The third-order valence-corrected chi connectivity index (χ3v) is 3.82. The molecular formula is C14H21F2N3. The second kappa shape index (κ2) is 5.94. The van der Waals surface area contributed by atoms with Crippen molar-refractivity contribution in [1.29, 1.82) is 0 Å². The first-order chi connectivity index (χ1) is 8.95. The highest BCUT2D eigenvalue weighted by molar-refractivity contribution is 5.21. The van der Waals surface area contributed by atoms with E-state index in [-0.39, 0.29) is 6.04 Å². The van der Waals surface area contributed by atoms with E-state index >= 15 is 0 Å². The second-order valence-corrected chi connectivity index (χ2v) is 5.44. The molecule has 0 aromatic heterocycles. The van der Waals surface area contributed by atoms with Crippen LogP contribution in [-0.2, 0) is 0 Å². The topological polar surface area (TPSA) is 32.5 Å². The first-order valence-corrected chi connectivity index (χ1v) is 6.56. The van der Waals surface area contributed by atoms with Crippen molar-refractivity contribution in [2.24, 2.45) is 5.73 Å². The number of likely N-dealkylation sites (N-methyl/N-ethyl adjacent to an activating group) is 2. The predicted molar refractivity (Wildman–Crippen MR) is 71.8 cm³/mol. The molecule has 2 atom stereocenters. The van der Waals surface area contributed by atoms with Crippen LogP contribution in [0.5, 0.6) is 0 Å². The zero-order valence-electron chi connectivity index (χ0n) is 11.4. The van der Waals surface area contributed by atoms with Gasteiger partial charge in [0, 0.05) is 37.8 Å². The van der Waals surface area contributed by atoms with Crippen LogP contribution in [-0.4, -0.2) is 49.6 Å². The molecule has 3 nitrogen and oxygen atoms in total. The molecule has 1 aromatic rings. The molecular weight excluding hydrogens is 248 g/mol. The van der Waals surface area contributed by atoms with Gasteiger partial charge in [0.2, 0.25) is 0 Å². The highest BCUT2D eigenvalue weighted by atomic mass is 19.1. The standard InChI is InChI=1S/C14H21F2N3/c1-18-3-4-19(2)13(9-18)8-14(17)10-5-11(15)7-12(16)6-10/h5-7,13-14H,3-4,8-9,17H2,1-2H3. The Balaban J connectivity index is 2.05. The molecule has 0 aliphatic carbocycles. The SMILES string of the molecule is CN1CCN(C)C(CC(N)c2cc(F)cc(F)c2)C1. The fourth-order valence-corrected chi connectivity index (χ4v) is 2.57. The highest BCUT2D eigenvalue weighted by Gasteiger charge is 2.24. The summed E-state index contributed by atoms with van der Waals surface area (Å²) in [5.41, 5.74) is 6.62. The Kier molecular flexibility index (Phi) is 4.50. The fourth-order valence-electron chi connectivity index (χ4n) is 2.57. The first kappa shape index (κ1) is 14.4. The summed E-state index contributed by atoms with van der Waals surface area (Å²) in [6.07, 6.45) is 0.698. The molecule has 5 heteroatoms. The number of piperazine rings is 1. The molecule has 1 aliphatic heterocycles. The van der Waals surface area contributed by atoms with Crippen LogP contribution >= 0.6 is 0 Å². The van der Waals surface area contributed by atoms with Gasteiger partial charge in [0.25, 0.3) is 0 Å². The van der Waals surface area contributed by atoms with E-state index in [9.17, 15) is 8.78 Å². The molecule has 2 N–H and O–H groups in total. The summed E-state index contributed by atoms with van der Waals surface area (Å²) in [6, 6.07) is 3.49. The highest BCUT2D eigenvalue weighted by Crippen LogP contribution is 2.22. The minimum atomic E-state index is -0.570. The fraction of sp³-hybridized carbons (Fsp3) is 0.571. The van der Waals surface area contributed by atoms with Crippen molar-refractivity contribution >= 4 is 0 Å². The molecule has 0 saturated carbocycles. The largest absolute Gasteiger partial charge is 0.324 e. The maximum absolute atomic E-state index is 13.2. The molecule has 2 unspecified atom stereocenters. The van der Waals surface area contributed by atoms with Crippen LogP contribution in [0.15, 0.2) is 18.2 Å². The number of benzene rings is 1. The molecule has 19 heavy (non-hydrogen) atoms. The average molecular weight is 269 g/mol. The van der Waals surface area contributed by atoms with E-state index < -0.39 is 11.6 Å². The summed E-state index contributed by atoms with van der Waals surface area (Å²) in [5, 5.41) is 0. The van der Waals surface area contributed by atoms with Crippen LogP contribution in [0.2, 0.25) is 0 Å². The summed E-state index contributed by atoms with van der Waals surface area (Å²) in [4.78, 5) is 4.51. The third-order valence-electron chi connectivity index (χ3n) is 3.82. The minimum Gasteiger partial charge on any atom is -0.324 e. The van der Waals surface area contributed by atoms with Gasteiger partial charge in [-0.1, -0.05) is 0 Å². The van der Waals surface area contributed by atoms with Gasteiger partial charge in [-0.25, -0.2) is 8.78 Å². The number of nitrogens with zero attached hydrogens (tertiary/aromatic N) is 2. The molecule has 1 saturated heterocycles. The van der Waals surface area contributed by atoms with E-state index in [0.29, 0.717) is 18.0 Å². The Morgan fingerprint density at radius 1 is 1.21 bits per heavy atom. The summed E-state index contributed by atoms with van der Waals surface area (Å²) >= 11 is 0. The third kappa shape index (κ3) is 3.72. The lowest BCUT2D eigenvalue weighted by atomic mass is 9.98. The Bertz CT molecular complexity index is 418. The Morgan fingerprint density at radius 2 is 1.84 bits per heavy atom. The summed E-state index contributed by atoms with van der Waals surface area (Å²) in [6.45, 7) is 2.96. The van der Waals surface area contributed by atoms with Crippen molar-refractivity contribution < 1.29 is 8.78 Å². The van der Waals surface area contributed by atoms with Crippen molar-refractivity contribution in [3.05, 3.63) is 35.4 Å². The zero-order chi connectivity index (χ0) is 14.0. The van der Waals surface area contributed by atoms with Crippen LogP contribution in [0.4, 0.5) is 8.78 Å². The van der Waals surface area contributed by atoms with Crippen LogP contribution in [0.1, 0.15) is 18.0 Å². The molecule has 0 amide bonds. The molecule has 2 rings (SSSR count). The lowest BCUT2D eigenvalue weighted by Crippen LogP contribution is -2.50. The van der Waals surface area contributed by atoms with Gasteiger partial charge in [0.15, 0.2) is 0 Å². The Labute approximate surface area is 113 Å². The van der Waals surface area contributed by atoms with E-state index in [4.69, 9.17) is 5.73 Å². The van der Waals surface area contributed by atoms with Crippen molar-refractivity contribution in [2.75, 3.05) is 33.7 Å². The number of hydrogen-bond donors (Lipinski definition) is 1. The Hall–Kier alpha value is -1.04. The second-order valence-electron chi connectivity index (χ2n) is 5.44. The quantitative estimate of drug-likeness (QED) is 0.904. The van der Waals surface area contributed by atoms with Crippen molar-refractivity contribution in [2.45, 2.75) is 18.5 Å². The van der Waals surface area contributed by atoms with Gasteiger partial charge in [-0.2, -0.15) is 0 Å². The number of rotatable bonds is 3. The molecule has 106 valence electrons. The predicted octanol–water partition coefficient (Wildman–Crippen LogP) is 1.60. The van der Waals surface area contributed by atoms with Crippen molar-refractivity contribution in [3.8, 4) is 0 Å². The van der Waals surface area contributed by atoms with Crippen LogP contribution in [0.25, 0.3) is 0 Å². The number of halogens is 2. The molecule has 0 bridgehead atoms. The van der Waals surface area contributed by atoms with E-state index in [1.54, 1.807) is 0 Å². The van der Waals surface area contributed by atoms with E-state index in [0.717, 1.165) is 25.7 Å². The molecule has 1 fully saturated rings. The molecule has 1 heterocycles. The monoisotopic (exact) mass is 269 g/mol. The van der Waals surface area contributed by atoms with Crippen LogP contribution in [0, 0.1) is 11.6 Å². The van der Waals surface area contributed by atoms with Gasteiger partial charge in [0.1, 0.15) is 11.6 Å².